The average molecular weight is 288 g/mol. The van der Waals surface area contributed by atoms with Crippen molar-refractivity contribution in [3.05, 3.63) is 23.5 Å². The van der Waals surface area contributed by atoms with E-state index in [1.807, 2.05) is 40.1 Å². The summed E-state index contributed by atoms with van der Waals surface area (Å²) in [5.41, 5.74) is 1.84. The molecule has 112 valence electrons. The molecule has 0 amide bonds. The van der Waals surface area contributed by atoms with Crippen molar-refractivity contribution in [3.63, 3.8) is 0 Å². The Kier molecular flexibility index (Phi) is 4.52. The molecule has 0 spiro atoms. The van der Waals surface area contributed by atoms with E-state index in [-0.39, 0.29) is 6.01 Å². The van der Waals surface area contributed by atoms with Crippen molar-refractivity contribution in [2.24, 2.45) is 0 Å². The molecule has 0 unspecified atom stereocenters. The van der Waals surface area contributed by atoms with Crippen LogP contribution in [0.15, 0.2) is 12.1 Å². The Balaban J connectivity index is 2.37. The lowest BCUT2D eigenvalue weighted by molar-refractivity contribution is 0.432. The summed E-state index contributed by atoms with van der Waals surface area (Å²) in [6.45, 7) is 3.99. The van der Waals surface area contributed by atoms with Crippen LogP contribution in [0.1, 0.15) is 18.3 Å². The molecular formula is C14H20N6O. The maximum atomic E-state index is 5.80. The maximum absolute atomic E-state index is 5.80. The zero-order valence-electron chi connectivity index (χ0n) is 13.0. The second kappa shape index (κ2) is 6.34. The molecule has 0 bridgehead atoms. The summed E-state index contributed by atoms with van der Waals surface area (Å²) in [7, 11) is 5.48. The summed E-state index contributed by atoms with van der Waals surface area (Å²) >= 11 is 0. The SMILES string of the molecule is CCc1nc(C)ccc1Oc1nc(NC)nc(N(C)C)n1. The number of hydrogen-bond acceptors (Lipinski definition) is 7. The molecule has 0 saturated carbocycles. The lowest BCUT2D eigenvalue weighted by atomic mass is 10.2. The molecule has 1 N–H and O–H groups in total. The number of ether oxygens (including phenoxy) is 1. The number of nitrogens with one attached hydrogen (secondary N) is 1. The Morgan fingerprint density at radius 3 is 2.52 bits per heavy atom. The molecule has 0 fully saturated rings. The van der Waals surface area contributed by atoms with Crippen molar-refractivity contribution in [3.8, 4) is 11.8 Å². The van der Waals surface area contributed by atoms with E-state index in [0.29, 0.717) is 17.6 Å². The highest BCUT2D eigenvalue weighted by Gasteiger charge is 2.11. The van der Waals surface area contributed by atoms with Crippen LogP contribution in [0.3, 0.4) is 0 Å². The lowest BCUT2D eigenvalue weighted by Gasteiger charge is -2.13. The smallest absolute Gasteiger partial charge is 0.328 e. The predicted molar refractivity (Wildman–Crippen MR) is 82.1 cm³/mol. The fraction of sp³-hybridized carbons (Fsp3) is 0.429. The molecule has 0 aliphatic carbocycles. The van der Waals surface area contributed by atoms with Gasteiger partial charge in [-0.05, 0) is 25.5 Å². The van der Waals surface area contributed by atoms with Gasteiger partial charge in [0.1, 0.15) is 0 Å². The van der Waals surface area contributed by atoms with E-state index in [2.05, 4.69) is 25.3 Å². The van der Waals surface area contributed by atoms with Gasteiger partial charge in [0.15, 0.2) is 5.75 Å². The third-order valence-corrected chi connectivity index (χ3v) is 2.83. The van der Waals surface area contributed by atoms with Crippen molar-refractivity contribution in [1.82, 2.24) is 19.9 Å². The number of anilines is 2. The summed E-state index contributed by atoms with van der Waals surface area (Å²) in [4.78, 5) is 19.0. The van der Waals surface area contributed by atoms with Crippen LogP contribution < -0.4 is 15.0 Å². The van der Waals surface area contributed by atoms with Crippen molar-refractivity contribution >= 4 is 11.9 Å². The first-order valence-electron chi connectivity index (χ1n) is 6.79. The van der Waals surface area contributed by atoms with Gasteiger partial charge in [-0.15, -0.1) is 0 Å². The fourth-order valence-electron chi connectivity index (χ4n) is 1.75. The average Bonchev–Trinajstić information content (AvgIpc) is 2.48. The molecule has 2 aromatic heterocycles. The van der Waals surface area contributed by atoms with Gasteiger partial charge < -0.3 is 15.0 Å². The largest absolute Gasteiger partial charge is 0.422 e. The van der Waals surface area contributed by atoms with Gasteiger partial charge in [-0.2, -0.15) is 15.0 Å². The minimum Gasteiger partial charge on any atom is -0.422 e. The number of pyridine rings is 1. The number of nitrogens with zero attached hydrogens (tertiary/aromatic N) is 5. The van der Waals surface area contributed by atoms with E-state index in [1.54, 1.807) is 11.9 Å². The topological polar surface area (TPSA) is 76.1 Å². The van der Waals surface area contributed by atoms with Gasteiger partial charge in [0, 0.05) is 26.8 Å². The van der Waals surface area contributed by atoms with Crippen LogP contribution in [0.25, 0.3) is 0 Å². The summed E-state index contributed by atoms with van der Waals surface area (Å²) in [5.74, 6) is 1.66. The molecule has 0 radical (unpaired) electrons. The quantitative estimate of drug-likeness (QED) is 0.902. The van der Waals surface area contributed by atoms with E-state index in [4.69, 9.17) is 4.74 Å². The zero-order valence-corrected chi connectivity index (χ0v) is 13.0. The number of rotatable bonds is 5. The lowest BCUT2D eigenvalue weighted by Crippen LogP contribution is -2.15. The van der Waals surface area contributed by atoms with Crippen LogP contribution in [0.5, 0.6) is 11.8 Å². The van der Waals surface area contributed by atoms with Crippen LogP contribution in [0.4, 0.5) is 11.9 Å². The minimum absolute atomic E-state index is 0.249. The minimum atomic E-state index is 0.249. The molecule has 0 atom stereocenters. The molecule has 0 saturated heterocycles. The monoisotopic (exact) mass is 288 g/mol. The molecule has 2 rings (SSSR count). The summed E-state index contributed by atoms with van der Waals surface area (Å²) in [6.07, 6.45) is 0.779. The summed E-state index contributed by atoms with van der Waals surface area (Å²) in [5, 5.41) is 2.90. The van der Waals surface area contributed by atoms with Crippen molar-refractivity contribution in [2.75, 3.05) is 31.4 Å². The molecule has 21 heavy (non-hydrogen) atoms. The molecule has 7 nitrogen and oxygen atoms in total. The van der Waals surface area contributed by atoms with Crippen LogP contribution in [-0.2, 0) is 6.42 Å². The number of hydrogen-bond donors (Lipinski definition) is 1. The highest BCUT2D eigenvalue weighted by Crippen LogP contribution is 2.24. The Hall–Kier alpha value is -2.44. The van der Waals surface area contributed by atoms with E-state index in [1.165, 1.54) is 0 Å². The van der Waals surface area contributed by atoms with Gasteiger partial charge in [0.25, 0.3) is 0 Å². The second-order valence-electron chi connectivity index (χ2n) is 4.74. The van der Waals surface area contributed by atoms with Crippen molar-refractivity contribution in [1.29, 1.82) is 0 Å². The molecule has 2 heterocycles. The first kappa shape index (κ1) is 15.0. The van der Waals surface area contributed by atoms with E-state index in [0.717, 1.165) is 17.8 Å². The Bertz CT molecular complexity index is 629. The van der Waals surface area contributed by atoms with Crippen LogP contribution in [0, 0.1) is 6.92 Å². The Morgan fingerprint density at radius 1 is 1.14 bits per heavy atom. The molecule has 0 aliphatic heterocycles. The third-order valence-electron chi connectivity index (χ3n) is 2.83. The van der Waals surface area contributed by atoms with Crippen LogP contribution >= 0.6 is 0 Å². The number of aromatic nitrogens is 4. The van der Waals surface area contributed by atoms with Crippen LogP contribution in [-0.4, -0.2) is 41.1 Å². The van der Waals surface area contributed by atoms with Gasteiger partial charge in [0.05, 0.1) is 5.69 Å². The van der Waals surface area contributed by atoms with Crippen molar-refractivity contribution in [2.45, 2.75) is 20.3 Å². The molecule has 2 aromatic rings. The maximum Gasteiger partial charge on any atom is 0.328 e. The summed E-state index contributed by atoms with van der Waals surface area (Å²) in [6, 6.07) is 4.04. The Labute approximate surface area is 124 Å². The van der Waals surface area contributed by atoms with E-state index in [9.17, 15) is 0 Å². The van der Waals surface area contributed by atoms with Gasteiger partial charge in [-0.3, -0.25) is 4.98 Å². The summed E-state index contributed by atoms with van der Waals surface area (Å²) < 4.78 is 5.80. The van der Waals surface area contributed by atoms with Crippen molar-refractivity contribution < 1.29 is 4.74 Å². The predicted octanol–water partition coefficient (Wildman–Crippen LogP) is 2.04. The van der Waals surface area contributed by atoms with E-state index >= 15 is 0 Å². The fourth-order valence-corrected chi connectivity index (χ4v) is 1.75. The van der Waals surface area contributed by atoms with Gasteiger partial charge in [-0.25, -0.2) is 0 Å². The first-order chi connectivity index (χ1) is 10.0. The van der Waals surface area contributed by atoms with Crippen LogP contribution in [0.2, 0.25) is 0 Å². The van der Waals surface area contributed by atoms with Gasteiger partial charge >= 0.3 is 6.01 Å². The Morgan fingerprint density at radius 2 is 1.90 bits per heavy atom. The molecule has 0 aromatic carbocycles. The van der Waals surface area contributed by atoms with Gasteiger partial charge in [0.2, 0.25) is 11.9 Å². The zero-order chi connectivity index (χ0) is 15.4. The highest BCUT2D eigenvalue weighted by atomic mass is 16.5. The normalized spacial score (nSPS) is 10.3. The molecular weight excluding hydrogens is 268 g/mol. The first-order valence-corrected chi connectivity index (χ1v) is 6.79. The second-order valence-corrected chi connectivity index (χ2v) is 4.74. The highest BCUT2D eigenvalue weighted by molar-refractivity contribution is 5.38. The molecule has 0 aliphatic rings. The van der Waals surface area contributed by atoms with E-state index < -0.39 is 0 Å². The third kappa shape index (κ3) is 3.56. The van der Waals surface area contributed by atoms with Gasteiger partial charge in [-0.1, -0.05) is 6.92 Å². The molecule has 7 heteroatoms. The standard InChI is InChI=1S/C14H20N6O/c1-6-10-11(8-7-9(2)16-10)21-14-18-12(15-3)17-13(19-14)20(4)5/h7-8H,6H2,1-5H3,(H,15,17,18,19). The number of aryl methyl sites for hydroxylation is 2.